The molecule has 142 valence electrons. The highest BCUT2D eigenvalue weighted by atomic mass is 32.1. The van der Waals surface area contributed by atoms with Crippen LogP contribution in [0.3, 0.4) is 0 Å². The second kappa shape index (κ2) is 9.05. The van der Waals surface area contributed by atoms with Crippen molar-refractivity contribution in [2.45, 2.75) is 13.5 Å². The minimum Gasteiger partial charge on any atom is -0.348 e. The van der Waals surface area contributed by atoms with E-state index in [1.54, 1.807) is 23.6 Å². The van der Waals surface area contributed by atoms with Gasteiger partial charge in [-0.05, 0) is 35.9 Å². The number of hydrogen-bond donors (Lipinski definition) is 1. The molecule has 5 nitrogen and oxygen atoms in total. The first-order chi connectivity index (χ1) is 13.5. The Morgan fingerprint density at radius 3 is 2.68 bits per heavy atom. The molecule has 2 aromatic carbocycles. The van der Waals surface area contributed by atoms with Gasteiger partial charge in [-0.25, -0.2) is 9.37 Å². The molecule has 1 aromatic heterocycles. The molecule has 0 aliphatic heterocycles. The number of nitrogens with zero attached hydrogens (tertiary/aromatic N) is 2. The zero-order valence-electron chi connectivity index (χ0n) is 15.1. The Hall–Kier alpha value is -3.32. The van der Waals surface area contributed by atoms with Gasteiger partial charge < -0.3 is 5.32 Å². The van der Waals surface area contributed by atoms with E-state index < -0.39 is 0 Å². The third kappa shape index (κ3) is 5.11. The van der Waals surface area contributed by atoms with E-state index in [4.69, 9.17) is 0 Å². The summed E-state index contributed by atoms with van der Waals surface area (Å²) in [5, 5.41) is 4.98. The van der Waals surface area contributed by atoms with Gasteiger partial charge in [-0.2, -0.15) is 0 Å². The SMILES string of the molecule is CC(=O)N(c1ccccc1)c1nc(/C=C/C(=O)NCc2cccc(F)c2)cs1. The lowest BCUT2D eigenvalue weighted by Gasteiger charge is -2.17. The summed E-state index contributed by atoms with van der Waals surface area (Å²) in [6.07, 6.45) is 2.93. The number of para-hydroxylation sites is 1. The maximum absolute atomic E-state index is 13.1. The van der Waals surface area contributed by atoms with Crippen molar-refractivity contribution in [2.75, 3.05) is 4.90 Å². The molecule has 1 heterocycles. The maximum atomic E-state index is 13.1. The Kier molecular flexibility index (Phi) is 6.29. The molecular weight excluding hydrogens is 377 g/mol. The molecule has 7 heteroatoms. The van der Waals surface area contributed by atoms with Crippen LogP contribution in [-0.2, 0) is 16.1 Å². The first-order valence-corrected chi connectivity index (χ1v) is 9.42. The number of hydrogen-bond acceptors (Lipinski definition) is 4. The third-order valence-electron chi connectivity index (χ3n) is 3.79. The minimum atomic E-state index is -0.342. The van der Waals surface area contributed by atoms with Crippen LogP contribution in [0, 0.1) is 5.82 Å². The fraction of sp³-hybridized carbons (Fsp3) is 0.0952. The maximum Gasteiger partial charge on any atom is 0.244 e. The average Bonchev–Trinajstić information content (AvgIpc) is 3.14. The number of anilines is 2. The number of carbonyl (C=O) groups excluding carboxylic acids is 2. The minimum absolute atomic E-state index is 0.149. The van der Waals surface area contributed by atoms with E-state index in [1.165, 1.54) is 41.4 Å². The number of rotatable bonds is 6. The molecule has 0 aliphatic carbocycles. The summed E-state index contributed by atoms with van der Waals surface area (Å²) < 4.78 is 13.1. The highest BCUT2D eigenvalue weighted by Gasteiger charge is 2.17. The molecule has 0 atom stereocenters. The monoisotopic (exact) mass is 395 g/mol. The summed E-state index contributed by atoms with van der Waals surface area (Å²) in [5.74, 6) is -0.806. The summed E-state index contributed by atoms with van der Waals surface area (Å²) in [7, 11) is 0. The summed E-state index contributed by atoms with van der Waals surface area (Å²) in [5.41, 5.74) is 1.98. The zero-order chi connectivity index (χ0) is 19.9. The van der Waals surface area contributed by atoms with E-state index in [-0.39, 0.29) is 24.2 Å². The predicted octanol–water partition coefficient (Wildman–Crippen LogP) is 4.30. The smallest absolute Gasteiger partial charge is 0.244 e. The van der Waals surface area contributed by atoms with Gasteiger partial charge in [0.15, 0.2) is 5.13 Å². The summed E-state index contributed by atoms with van der Waals surface area (Å²) >= 11 is 1.31. The van der Waals surface area contributed by atoms with Crippen molar-refractivity contribution < 1.29 is 14.0 Å². The number of carbonyl (C=O) groups is 2. The van der Waals surface area contributed by atoms with Crippen molar-refractivity contribution in [1.82, 2.24) is 10.3 Å². The predicted molar refractivity (Wildman–Crippen MR) is 109 cm³/mol. The van der Waals surface area contributed by atoms with Gasteiger partial charge >= 0.3 is 0 Å². The van der Waals surface area contributed by atoms with Crippen LogP contribution in [-0.4, -0.2) is 16.8 Å². The lowest BCUT2D eigenvalue weighted by Crippen LogP contribution is -2.22. The van der Waals surface area contributed by atoms with Gasteiger partial charge in [0.1, 0.15) is 5.82 Å². The van der Waals surface area contributed by atoms with E-state index in [0.717, 1.165) is 5.69 Å². The van der Waals surface area contributed by atoms with Gasteiger partial charge in [-0.1, -0.05) is 30.3 Å². The molecule has 0 aliphatic rings. The molecule has 0 fully saturated rings. The van der Waals surface area contributed by atoms with Crippen LogP contribution in [0.1, 0.15) is 18.2 Å². The van der Waals surface area contributed by atoms with Gasteiger partial charge in [-0.3, -0.25) is 14.5 Å². The molecule has 2 amide bonds. The second-order valence-electron chi connectivity index (χ2n) is 5.93. The van der Waals surface area contributed by atoms with E-state index in [0.29, 0.717) is 16.4 Å². The fourth-order valence-electron chi connectivity index (χ4n) is 2.52. The van der Waals surface area contributed by atoms with Gasteiger partial charge in [0.2, 0.25) is 11.8 Å². The number of aromatic nitrogens is 1. The summed E-state index contributed by atoms with van der Waals surface area (Å²) in [4.78, 5) is 29.9. The molecule has 3 aromatic rings. The number of nitrogens with one attached hydrogen (secondary N) is 1. The topological polar surface area (TPSA) is 62.3 Å². The van der Waals surface area contributed by atoms with Gasteiger partial charge in [-0.15, -0.1) is 11.3 Å². The Morgan fingerprint density at radius 2 is 1.96 bits per heavy atom. The van der Waals surface area contributed by atoms with Crippen LogP contribution < -0.4 is 10.2 Å². The van der Waals surface area contributed by atoms with Crippen LogP contribution in [0.4, 0.5) is 15.2 Å². The normalized spacial score (nSPS) is 10.8. The molecule has 0 unspecified atom stereocenters. The van der Waals surface area contributed by atoms with Crippen LogP contribution in [0.25, 0.3) is 6.08 Å². The first kappa shape index (κ1) is 19.4. The lowest BCUT2D eigenvalue weighted by molar-refractivity contribution is -0.117. The average molecular weight is 395 g/mol. The van der Waals surface area contributed by atoms with Crippen molar-refractivity contribution in [2.24, 2.45) is 0 Å². The molecule has 0 saturated carbocycles. The zero-order valence-corrected chi connectivity index (χ0v) is 15.9. The van der Waals surface area contributed by atoms with Crippen LogP contribution >= 0.6 is 11.3 Å². The lowest BCUT2D eigenvalue weighted by atomic mass is 10.2. The fourth-order valence-corrected chi connectivity index (χ4v) is 3.37. The summed E-state index contributed by atoms with van der Waals surface area (Å²) in [6, 6.07) is 15.3. The Balaban J connectivity index is 1.64. The largest absolute Gasteiger partial charge is 0.348 e. The van der Waals surface area contributed by atoms with Crippen LogP contribution in [0.15, 0.2) is 66.1 Å². The molecule has 0 spiro atoms. The van der Waals surface area contributed by atoms with Gasteiger partial charge in [0.05, 0.1) is 11.4 Å². The highest BCUT2D eigenvalue weighted by molar-refractivity contribution is 7.14. The van der Waals surface area contributed by atoms with E-state index in [9.17, 15) is 14.0 Å². The van der Waals surface area contributed by atoms with Gasteiger partial charge in [0.25, 0.3) is 0 Å². The van der Waals surface area contributed by atoms with Crippen LogP contribution in [0.2, 0.25) is 0 Å². The molecule has 1 N–H and O–H groups in total. The Morgan fingerprint density at radius 1 is 1.18 bits per heavy atom. The number of benzene rings is 2. The molecule has 0 radical (unpaired) electrons. The Labute approximate surface area is 166 Å². The van der Waals surface area contributed by atoms with Crippen molar-refractivity contribution >= 4 is 40.0 Å². The van der Waals surface area contributed by atoms with E-state index >= 15 is 0 Å². The number of amides is 2. The molecule has 0 saturated heterocycles. The van der Waals surface area contributed by atoms with E-state index in [1.807, 2.05) is 30.3 Å². The van der Waals surface area contributed by atoms with E-state index in [2.05, 4.69) is 10.3 Å². The first-order valence-electron chi connectivity index (χ1n) is 8.54. The second-order valence-corrected chi connectivity index (χ2v) is 6.76. The number of thiazole rings is 1. The quantitative estimate of drug-likeness (QED) is 0.633. The standard InChI is InChI=1S/C21H18FN3O2S/c1-15(26)25(19-8-3-2-4-9-19)21-24-18(14-28-21)10-11-20(27)23-13-16-6-5-7-17(22)12-16/h2-12,14H,13H2,1H3,(H,23,27)/b11-10+. The van der Waals surface area contributed by atoms with Crippen molar-refractivity contribution in [3.63, 3.8) is 0 Å². The van der Waals surface area contributed by atoms with Gasteiger partial charge in [0, 0.05) is 24.9 Å². The molecule has 0 bridgehead atoms. The van der Waals surface area contributed by atoms with Crippen molar-refractivity contribution in [1.29, 1.82) is 0 Å². The molecule has 3 rings (SSSR count). The van der Waals surface area contributed by atoms with Crippen molar-refractivity contribution in [3.8, 4) is 0 Å². The molecular formula is C21H18FN3O2S. The highest BCUT2D eigenvalue weighted by Crippen LogP contribution is 2.28. The molecule has 28 heavy (non-hydrogen) atoms. The summed E-state index contributed by atoms with van der Waals surface area (Å²) in [6.45, 7) is 1.71. The van der Waals surface area contributed by atoms with Crippen LogP contribution in [0.5, 0.6) is 0 Å². The Bertz CT molecular complexity index is 1000. The third-order valence-corrected chi connectivity index (χ3v) is 4.64. The number of halogens is 1. The van der Waals surface area contributed by atoms with Crippen molar-refractivity contribution in [3.05, 3.63) is 83.1 Å².